The number of amides is 1. The van der Waals surface area contributed by atoms with Crippen LogP contribution in [0.1, 0.15) is 27.9 Å². The van der Waals surface area contributed by atoms with Gasteiger partial charge in [-0.1, -0.05) is 59.9 Å². The summed E-state index contributed by atoms with van der Waals surface area (Å²) in [6, 6.07) is 19.4. The van der Waals surface area contributed by atoms with Gasteiger partial charge in [-0.3, -0.25) is 4.79 Å². The number of hydrogen-bond acceptors (Lipinski definition) is 6. The van der Waals surface area contributed by atoms with E-state index in [2.05, 4.69) is 10.5 Å². The minimum atomic E-state index is -0.402. The van der Waals surface area contributed by atoms with Crippen LogP contribution in [0.5, 0.6) is 0 Å². The second kappa shape index (κ2) is 8.02. The molecule has 2 aromatic carbocycles. The third kappa shape index (κ3) is 3.98. The zero-order valence-electron chi connectivity index (χ0n) is 15.6. The SMILES string of the molecule is C/C(=N\NC(=O)c1sc(=S)n(Cc2ccccc2)c1N)c1cc2ccccc2o1. The fourth-order valence-electron chi connectivity index (χ4n) is 2.89. The predicted octanol–water partition coefficient (Wildman–Crippen LogP) is 4.81. The number of benzene rings is 2. The van der Waals surface area contributed by atoms with Crippen molar-refractivity contribution in [1.82, 2.24) is 9.99 Å². The number of nitrogen functional groups attached to an aromatic ring is 1. The Kier molecular flexibility index (Phi) is 5.28. The van der Waals surface area contributed by atoms with Crippen molar-refractivity contribution in [1.29, 1.82) is 0 Å². The molecule has 0 fully saturated rings. The molecule has 0 saturated heterocycles. The number of rotatable bonds is 5. The topological polar surface area (TPSA) is 85.5 Å². The van der Waals surface area contributed by atoms with Crippen LogP contribution >= 0.6 is 23.6 Å². The van der Waals surface area contributed by atoms with Gasteiger partial charge in [0.1, 0.15) is 22.0 Å². The molecule has 0 aliphatic rings. The van der Waals surface area contributed by atoms with Gasteiger partial charge in [-0.2, -0.15) is 5.10 Å². The molecule has 2 heterocycles. The number of aromatic nitrogens is 1. The molecule has 4 rings (SSSR count). The standard InChI is InChI=1S/C21H18N4O2S2/c1-13(17-11-15-9-5-6-10-16(15)27-17)23-24-20(26)18-19(22)25(21(28)29-18)12-14-7-3-2-4-8-14/h2-11H,12,22H2,1H3,(H,24,26)/b23-13+. The number of carbonyl (C=O) groups is 1. The zero-order chi connectivity index (χ0) is 20.4. The van der Waals surface area contributed by atoms with Crippen molar-refractivity contribution in [2.75, 3.05) is 5.73 Å². The van der Waals surface area contributed by atoms with Gasteiger partial charge in [-0.15, -0.1) is 0 Å². The van der Waals surface area contributed by atoms with E-state index in [9.17, 15) is 4.79 Å². The number of hydrogen-bond donors (Lipinski definition) is 2. The summed E-state index contributed by atoms with van der Waals surface area (Å²) >= 11 is 6.57. The van der Waals surface area contributed by atoms with Crippen LogP contribution in [0.3, 0.4) is 0 Å². The molecule has 0 unspecified atom stereocenters. The lowest BCUT2D eigenvalue weighted by Gasteiger charge is -2.06. The average molecular weight is 423 g/mol. The molecule has 0 spiro atoms. The first kappa shape index (κ1) is 19.1. The summed E-state index contributed by atoms with van der Waals surface area (Å²) in [6.45, 7) is 2.28. The molecular weight excluding hydrogens is 404 g/mol. The average Bonchev–Trinajstić information content (AvgIpc) is 3.29. The van der Waals surface area contributed by atoms with E-state index in [1.807, 2.05) is 60.7 Å². The maximum Gasteiger partial charge on any atom is 0.285 e. The summed E-state index contributed by atoms with van der Waals surface area (Å²) in [7, 11) is 0. The van der Waals surface area contributed by atoms with E-state index in [1.54, 1.807) is 11.5 Å². The minimum Gasteiger partial charge on any atom is -0.455 e. The van der Waals surface area contributed by atoms with E-state index in [0.29, 0.717) is 32.7 Å². The van der Waals surface area contributed by atoms with Gasteiger partial charge in [-0.25, -0.2) is 5.43 Å². The lowest BCUT2D eigenvalue weighted by Crippen LogP contribution is -2.20. The Hall–Kier alpha value is -3.23. The molecule has 0 aliphatic heterocycles. The number of fused-ring (bicyclic) bond motifs is 1. The maximum absolute atomic E-state index is 12.6. The summed E-state index contributed by atoms with van der Waals surface area (Å²) in [4.78, 5) is 13.0. The van der Waals surface area contributed by atoms with E-state index in [-0.39, 0.29) is 0 Å². The van der Waals surface area contributed by atoms with Crippen LogP contribution in [0, 0.1) is 3.95 Å². The van der Waals surface area contributed by atoms with Gasteiger partial charge in [0.15, 0.2) is 9.71 Å². The van der Waals surface area contributed by atoms with Crippen molar-refractivity contribution in [3.05, 3.63) is 80.8 Å². The lowest BCUT2D eigenvalue weighted by molar-refractivity contribution is 0.0959. The molecular formula is C21H18N4O2S2. The number of hydrazone groups is 1. The third-order valence-corrected chi connectivity index (χ3v) is 5.89. The van der Waals surface area contributed by atoms with E-state index >= 15 is 0 Å². The number of para-hydroxylation sites is 1. The molecule has 2 aromatic heterocycles. The smallest absolute Gasteiger partial charge is 0.285 e. The van der Waals surface area contributed by atoms with Gasteiger partial charge >= 0.3 is 0 Å². The Morgan fingerprint density at radius 2 is 1.93 bits per heavy atom. The number of nitrogens with one attached hydrogen (secondary N) is 1. The molecule has 6 nitrogen and oxygen atoms in total. The lowest BCUT2D eigenvalue weighted by atomic mass is 10.2. The van der Waals surface area contributed by atoms with Gasteiger partial charge in [0.05, 0.1) is 6.54 Å². The molecule has 0 atom stereocenters. The van der Waals surface area contributed by atoms with Crippen LogP contribution in [0.25, 0.3) is 11.0 Å². The summed E-state index contributed by atoms with van der Waals surface area (Å²) in [6.07, 6.45) is 0. The largest absolute Gasteiger partial charge is 0.455 e. The molecule has 1 amide bonds. The number of nitrogens with two attached hydrogens (primary N) is 1. The molecule has 3 N–H and O–H groups in total. The molecule has 0 aliphatic carbocycles. The maximum atomic E-state index is 12.6. The van der Waals surface area contributed by atoms with Crippen LogP contribution in [0.4, 0.5) is 5.82 Å². The van der Waals surface area contributed by atoms with Crippen molar-refractivity contribution in [3.63, 3.8) is 0 Å². The number of anilines is 1. The summed E-state index contributed by atoms with van der Waals surface area (Å²) in [5, 5.41) is 5.14. The van der Waals surface area contributed by atoms with E-state index < -0.39 is 5.91 Å². The molecule has 0 saturated carbocycles. The molecule has 146 valence electrons. The van der Waals surface area contributed by atoms with Gasteiger partial charge in [0.25, 0.3) is 5.91 Å². The van der Waals surface area contributed by atoms with Gasteiger partial charge < -0.3 is 14.7 Å². The fourth-order valence-corrected chi connectivity index (χ4v) is 4.11. The van der Waals surface area contributed by atoms with Crippen molar-refractivity contribution in [3.8, 4) is 0 Å². The Balaban J connectivity index is 1.53. The highest BCUT2D eigenvalue weighted by molar-refractivity contribution is 7.73. The highest BCUT2D eigenvalue weighted by atomic mass is 32.1. The molecule has 0 radical (unpaired) electrons. The van der Waals surface area contributed by atoms with Crippen molar-refractivity contribution in [2.24, 2.45) is 5.10 Å². The van der Waals surface area contributed by atoms with Gasteiger partial charge in [-0.05, 0) is 36.8 Å². The molecule has 8 heteroatoms. The first-order valence-electron chi connectivity index (χ1n) is 8.89. The predicted molar refractivity (Wildman–Crippen MR) is 119 cm³/mol. The first-order valence-corrected chi connectivity index (χ1v) is 10.1. The first-order chi connectivity index (χ1) is 14.0. The van der Waals surface area contributed by atoms with Gasteiger partial charge in [0, 0.05) is 5.39 Å². The van der Waals surface area contributed by atoms with Crippen molar-refractivity contribution < 1.29 is 9.21 Å². The molecule has 4 aromatic rings. The molecule has 0 bridgehead atoms. The summed E-state index contributed by atoms with van der Waals surface area (Å²) < 4.78 is 8.04. The zero-order valence-corrected chi connectivity index (χ0v) is 17.2. The summed E-state index contributed by atoms with van der Waals surface area (Å²) in [5.74, 6) is 0.521. The second-order valence-electron chi connectivity index (χ2n) is 6.44. The van der Waals surface area contributed by atoms with Crippen LogP contribution in [-0.2, 0) is 6.54 Å². The quantitative estimate of drug-likeness (QED) is 0.275. The highest BCUT2D eigenvalue weighted by Gasteiger charge is 2.17. The number of furan rings is 1. The number of carbonyl (C=O) groups excluding carboxylic acids is 1. The van der Waals surface area contributed by atoms with E-state index in [0.717, 1.165) is 16.5 Å². The van der Waals surface area contributed by atoms with E-state index in [4.69, 9.17) is 22.4 Å². The minimum absolute atomic E-state index is 0.331. The van der Waals surface area contributed by atoms with E-state index in [1.165, 1.54) is 11.3 Å². The second-order valence-corrected chi connectivity index (χ2v) is 8.08. The normalized spacial score (nSPS) is 11.7. The Morgan fingerprint density at radius 1 is 1.21 bits per heavy atom. The molecule has 29 heavy (non-hydrogen) atoms. The highest BCUT2D eigenvalue weighted by Crippen LogP contribution is 2.23. The Labute approximate surface area is 176 Å². The van der Waals surface area contributed by atoms with Crippen molar-refractivity contribution >= 4 is 52.0 Å². The van der Waals surface area contributed by atoms with Crippen LogP contribution in [0.15, 0.2) is 70.2 Å². The Morgan fingerprint density at radius 3 is 2.69 bits per heavy atom. The van der Waals surface area contributed by atoms with Gasteiger partial charge in [0.2, 0.25) is 0 Å². The third-order valence-electron chi connectivity index (χ3n) is 4.43. The Bertz CT molecular complexity index is 1240. The fraction of sp³-hybridized carbons (Fsp3) is 0.0952. The monoisotopic (exact) mass is 422 g/mol. The van der Waals surface area contributed by atoms with Crippen LogP contribution in [0.2, 0.25) is 0 Å². The number of thiazole rings is 1. The van der Waals surface area contributed by atoms with Crippen LogP contribution < -0.4 is 11.2 Å². The summed E-state index contributed by atoms with van der Waals surface area (Å²) in [5.41, 5.74) is 11.1. The number of nitrogens with zero attached hydrogens (tertiary/aromatic N) is 2. The van der Waals surface area contributed by atoms with Crippen LogP contribution in [-0.4, -0.2) is 16.2 Å². The van der Waals surface area contributed by atoms with Crippen molar-refractivity contribution in [2.45, 2.75) is 13.5 Å².